The van der Waals surface area contributed by atoms with Crippen molar-refractivity contribution < 1.29 is 4.74 Å². The van der Waals surface area contributed by atoms with E-state index >= 15 is 0 Å². The van der Waals surface area contributed by atoms with Gasteiger partial charge in [-0.25, -0.2) is 0 Å². The molecule has 0 radical (unpaired) electrons. The van der Waals surface area contributed by atoms with Gasteiger partial charge in [-0.2, -0.15) is 0 Å². The summed E-state index contributed by atoms with van der Waals surface area (Å²) < 4.78 is 7.49. The van der Waals surface area contributed by atoms with Crippen LogP contribution in [0, 0.1) is 5.92 Å². The van der Waals surface area contributed by atoms with E-state index in [4.69, 9.17) is 4.74 Å². The maximum absolute atomic E-state index is 6.27. The smallest absolute Gasteiger partial charge is 0.0686 e. The number of thiophene rings is 1. The van der Waals surface area contributed by atoms with Crippen LogP contribution in [-0.4, -0.2) is 18.8 Å². The Labute approximate surface area is 140 Å². The molecular formula is C17H26BrNOS. The number of hydrogen-bond acceptors (Lipinski definition) is 3. The predicted octanol–water partition coefficient (Wildman–Crippen LogP) is 5.29. The monoisotopic (exact) mass is 371 g/mol. The molecule has 2 aliphatic rings. The molecule has 21 heavy (non-hydrogen) atoms. The summed E-state index contributed by atoms with van der Waals surface area (Å²) >= 11 is 5.48. The highest BCUT2D eigenvalue weighted by molar-refractivity contribution is 9.10. The lowest BCUT2D eigenvalue weighted by atomic mass is 9.74. The van der Waals surface area contributed by atoms with Gasteiger partial charge in [0, 0.05) is 27.4 Å². The van der Waals surface area contributed by atoms with E-state index in [1.807, 2.05) is 11.3 Å². The predicted molar refractivity (Wildman–Crippen MR) is 92.9 cm³/mol. The third-order valence-corrected chi connectivity index (χ3v) is 6.86. The van der Waals surface area contributed by atoms with Crippen LogP contribution in [0.25, 0.3) is 0 Å². The molecule has 2 nitrogen and oxygen atoms in total. The molecule has 2 fully saturated rings. The van der Waals surface area contributed by atoms with Crippen molar-refractivity contribution in [1.29, 1.82) is 0 Å². The van der Waals surface area contributed by atoms with Gasteiger partial charge in [0.25, 0.3) is 0 Å². The zero-order valence-electron chi connectivity index (χ0n) is 12.9. The third-order valence-electron chi connectivity index (χ3n) is 5.09. The number of halogens is 1. The fourth-order valence-corrected chi connectivity index (χ4v) is 5.72. The van der Waals surface area contributed by atoms with Crippen molar-refractivity contribution >= 4 is 27.3 Å². The molecule has 2 heterocycles. The molecule has 118 valence electrons. The second-order valence-electron chi connectivity index (χ2n) is 6.55. The summed E-state index contributed by atoms with van der Waals surface area (Å²) in [5.41, 5.74) is 0.198. The van der Waals surface area contributed by atoms with Gasteiger partial charge in [0.05, 0.1) is 5.60 Å². The van der Waals surface area contributed by atoms with Gasteiger partial charge in [0.15, 0.2) is 0 Å². The van der Waals surface area contributed by atoms with E-state index in [1.165, 1.54) is 54.3 Å². The molecule has 3 rings (SSSR count). The average molecular weight is 372 g/mol. The van der Waals surface area contributed by atoms with Crippen LogP contribution < -0.4 is 5.32 Å². The summed E-state index contributed by atoms with van der Waals surface area (Å²) in [6.45, 7) is 4.19. The molecule has 2 unspecified atom stereocenters. The molecule has 1 saturated carbocycles. The summed E-state index contributed by atoms with van der Waals surface area (Å²) in [4.78, 5) is 1.47. The zero-order chi connectivity index (χ0) is 14.7. The second-order valence-corrected chi connectivity index (χ2v) is 8.41. The van der Waals surface area contributed by atoms with E-state index in [9.17, 15) is 0 Å². The van der Waals surface area contributed by atoms with Gasteiger partial charge in [0.2, 0.25) is 0 Å². The molecule has 0 amide bonds. The Hall–Kier alpha value is 0.1000. The minimum absolute atomic E-state index is 0.198. The summed E-state index contributed by atoms with van der Waals surface area (Å²) in [6, 6.07) is 2.79. The Morgan fingerprint density at radius 1 is 1.43 bits per heavy atom. The molecule has 1 saturated heterocycles. The number of rotatable bonds is 4. The molecular weight excluding hydrogens is 346 g/mol. The summed E-state index contributed by atoms with van der Waals surface area (Å²) in [7, 11) is 0. The van der Waals surface area contributed by atoms with Crippen LogP contribution in [0.4, 0.5) is 0 Å². The van der Waals surface area contributed by atoms with E-state index in [1.54, 1.807) is 0 Å². The SMILES string of the molecule is CCNC(c1cc(Br)cs1)C1CCOC2(CCCCC2)C1. The molecule has 1 aromatic heterocycles. The molecule has 1 aromatic rings. The van der Waals surface area contributed by atoms with Crippen LogP contribution in [-0.2, 0) is 4.74 Å². The lowest BCUT2D eigenvalue weighted by Gasteiger charge is -2.45. The molecule has 1 spiro atoms. The quantitative estimate of drug-likeness (QED) is 0.775. The van der Waals surface area contributed by atoms with Crippen LogP contribution in [0.15, 0.2) is 15.9 Å². The highest BCUT2D eigenvalue weighted by Gasteiger charge is 2.41. The maximum Gasteiger partial charge on any atom is 0.0686 e. The van der Waals surface area contributed by atoms with Crippen LogP contribution in [0.1, 0.15) is 62.8 Å². The topological polar surface area (TPSA) is 21.3 Å². The molecule has 1 N–H and O–H groups in total. The Morgan fingerprint density at radius 2 is 2.24 bits per heavy atom. The molecule has 1 aliphatic carbocycles. The van der Waals surface area contributed by atoms with Crippen molar-refractivity contribution in [3.05, 3.63) is 20.8 Å². The first-order valence-electron chi connectivity index (χ1n) is 8.34. The Morgan fingerprint density at radius 3 is 2.90 bits per heavy atom. The van der Waals surface area contributed by atoms with E-state index in [0.717, 1.165) is 13.2 Å². The molecule has 1 aliphatic heterocycles. The Bertz CT molecular complexity index is 450. The normalized spacial score (nSPS) is 26.9. The zero-order valence-corrected chi connectivity index (χ0v) is 15.3. The number of hydrogen-bond donors (Lipinski definition) is 1. The van der Waals surface area contributed by atoms with Gasteiger partial charge < -0.3 is 10.1 Å². The van der Waals surface area contributed by atoms with Gasteiger partial charge in [0.1, 0.15) is 0 Å². The van der Waals surface area contributed by atoms with Crippen molar-refractivity contribution in [2.45, 2.75) is 63.5 Å². The lowest BCUT2D eigenvalue weighted by molar-refractivity contribution is -0.121. The van der Waals surface area contributed by atoms with E-state index in [0.29, 0.717) is 12.0 Å². The lowest BCUT2D eigenvalue weighted by Crippen LogP contribution is -2.44. The van der Waals surface area contributed by atoms with E-state index in [2.05, 4.69) is 39.6 Å². The van der Waals surface area contributed by atoms with Gasteiger partial charge in [-0.3, -0.25) is 0 Å². The van der Waals surface area contributed by atoms with Crippen LogP contribution in [0.5, 0.6) is 0 Å². The minimum Gasteiger partial charge on any atom is -0.375 e. The first-order valence-corrected chi connectivity index (χ1v) is 10.0. The van der Waals surface area contributed by atoms with Crippen LogP contribution >= 0.6 is 27.3 Å². The molecule has 2 atom stereocenters. The average Bonchev–Trinajstić information content (AvgIpc) is 2.92. The van der Waals surface area contributed by atoms with Crippen LogP contribution in [0.2, 0.25) is 0 Å². The highest BCUT2D eigenvalue weighted by Crippen LogP contribution is 2.45. The van der Waals surface area contributed by atoms with Crippen LogP contribution in [0.3, 0.4) is 0 Å². The van der Waals surface area contributed by atoms with Gasteiger partial charge >= 0.3 is 0 Å². The summed E-state index contributed by atoms with van der Waals surface area (Å²) in [5.74, 6) is 0.711. The standard InChI is InChI=1S/C17H26BrNOS/c1-2-19-16(15-10-14(18)12-21-15)13-6-9-20-17(11-13)7-4-3-5-8-17/h10,12-13,16,19H,2-9,11H2,1H3. The number of nitrogens with one attached hydrogen (secondary N) is 1. The van der Waals surface area contributed by atoms with Gasteiger partial charge in [-0.15, -0.1) is 11.3 Å². The molecule has 0 aromatic carbocycles. The third kappa shape index (κ3) is 3.72. The highest BCUT2D eigenvalue weighted by atomic mass is 79.9. The van der Waals surface area contributed by atoms with Crippen molar-refractivity contribution in [1.82, 2.24) is 5.32 Å². The fraction of sp³-hybridized carbons (Fsp3) is 0.765. The van der Waals surface area contributed by atoms with Crippen molar-refractivity contribution in [3.8, 4) is 0 Å². The van der Waals surface area contributed by atoms with E-state index in [-0.39, 0.29) is 5.60 Å². The summed E-state index contributed by atoms with van der Waals surface area (Å²) in [6.07, 6.45) is 9.07. The maximum atomic E-state index is 6.27. The Kier molecular flexibility index (Phi) is 5.41. The van der Waals surface area contributed by atoms with Gasteiger partial charge in [-0.05, 0) is 60.1 Å². The molecule has 0 bridgehead atoms. The van der Waals surface area contributed by atoms with E-state index < -0.39 is 0 Å². The first-order chi connectivity index (χ1) is 10.2. The first kappa shape index (κ1) is 16.0. The Balaban J connectivity index is 1.75. The minimum atomic E-state index is 0.198. The van der Waals surface area contributed by atoms with Crippen molar-refractivity contribution in [2.75, 3.05) is 13.2 Å². The fourth-order valence-electron chi connectivity index (χ4n) is 4.11. The van der Waals surface area contributed by atoms with Gasteiger partial charge in [-0.1, -0.05) is 26.2 Å². The van der Waals surface area contributed by atoms with Crippen molar-refractivity contribution in [3.63, 3.8) is 0 Å². The summed E-state index contributed by atoms with van der Waals surface area (Å²) in [5, 5.41) is 5.94. The molecule has 4 heteroatoms. The largest absolute Gasteiger partial charge is 0.375 e. The second kappa shape index (κ2) is 7.12. The van der Waals surface area contributed by atoms with Crippen molar-refractivity contribution in [2.24, 2.45) is 5.92 Å². The number of ether oxygens (including phenoxy) is 1.